The summed E-state index contributed by atoms with van der Waals surface area (Å²) >= 11 is 0. The first kappa shape index (κ1) is 39.1. The molecule has 2 unspecified atom stereocenters. The zero-order chi connectivity index (χ0) is 30.7. The molecule has 1 fully saturated rings. The number of hydrogen-bond acceptors (Lipinski definition) is 10. The van der Waals surface area contributed by atoms with Crippen LogP contribution in [-0.4, -0.2) is 84.7 Å². The minimum Gasteiger partial charge on any atom is -0.467 e. The molecule has 1 heterocycles. The van der Waals surface area contributed by atoms with Gasteiger partial charge in [0.1, 0.15) is 12.1 Å². The standard InChI is InChI=1S/C14H21N3O6.C11H20N2O4.CH4/c1-9(18)15-8-4-3-5-11(16-10(2)19)14(22)23-17-12(20)6-7-13(17)21;1-8(14)12-7-5-4-6-10(11(16)17-3)13-9(2)15;/h11H,3-8H2,1-2H3,(H,15,18)(H,16,19);10H,4-7H2,1-3H3,(H,12,14)(H,13,15);1H4. The smallest absolute Gasteiger partial charge is 0.355 e. The normalized spacial score (nSPS) is 13.3. The van der Waals surface area contributed by atoms with Crippen LogP contribution in [0.1, 0.15) is 86.5 Å². The number of carbonyl (C=O) groups excluding carboxylic acids is 8. The van der Waals surface area contributed by atoms with E-state index in [2.05, 4.69) is 26.0 Å². The Morgan fingerprint density at radius 3 is 1.41 bits per heavy atom. The highest BCUT2D eigenvalue weighted by Gasteiger charge is 2.35. The van der Waals surface area contributed by atoms with Gasteiger partial charge in [0, 0.05) is 53.6 Å². The highest BCUT2D eigenvalue weighted by molar-refractivity contribution is 6.01. The second-order valence-electron chi connectivity index (χ2n) is 8.98. The average molecular weight is 588 g/mol. The van der Waals surface area contributed by atoms with Crippen molar-refractivity contribution < 1.29 is 47.9 Å². The summed E-state index contributed by atoms with van der Waals surface area (Å²) in [5.74, 6) is -3.35. The molecule has 1 aliphatic rings. The van der Waals surface area contributed by atoms with Crippen LogP contribution < -0.4 is 21.3 Å². The van der Waals surface area contributed by atoms with Gasteiger partial charge in [0.05, 0.1) is 7.11 Å². The van der Waals surface area contributed by atoms with E-state index in [1.807, 2.05) is 0 Å². The number of ether oxygens (including phenoxy) is 1. The third-order valence-electron chi connectivity index (χ3n) is 5.30. The van der Waals surface area contributed by atoms with Crippen LogP contribution in [0.2, 0.25) is 0 Å². The quantitative estimate of drug-likeness (QED) is 0.115. The molecule has 1 aliphatic heterocycles. The van der Waals surface area contributed by atoms with E-state index in [1.54, 1.807) is 0 Å². The Morgan fingerprint density at radius 1 is 0.683 bits per heavy atom. The Hall–Kier alpha value is -4.04. The Balaban J connectivity index is 0. The van der Waals surface area contributed by atoms with Gasteiger partial charge in [-0.1, -0.05) is 7.43 Å². The molecule has 0 aliphatic carbocycles. The van der Waals surface area contributed by atoms with Crippen molar-refractivity contribution >= 4 is 47.4 Å². The van der Waals surface area contributed by atoms with E-state index in [-0.39, 0.29) is 44.4 Å². The van der Waals surface area contributed by atoms with Crippen LogP contribution in [0.5, 0.6) is 0 Å². The molecule has 41 heavy (non-hydrogen) atoms. The number of carbonyl (C=O) groups is 8. The maximum atomic E-state index is 12.0. The minimum atomic E-state index is -0.953. The summed E-state index contributed by atoms with van der Waals surface area (Å²) in [6.07, 6.45) is 3.43. The first-order chi connectivity index (χ1) is 18.8. The highest BCUT2D eigenvalue weighted by atomic mass is 16.7. The van der Waals surface area contributed by atoms with Crippen molar-refractivity contribution in [3.05, 3.63) is 0 Å². The van der Waals surface area contributed by atoms with E-state index in [1.165, 1.54) is 34.8 Å². The maximum absolute atomic E-state index is 12.0. The molecule has 0 aromatic carbocycles. The number of hydrogen-bond donors (Lipinski definition) is 4. The van der Waals surface area contributed by atoms with Crippen LogP contribution in [0, 0.1) is 0 Å². The van der Waals surface area contributed by atoms with Gasteiger partial charge in [-0.15, -0.1) is 5.06 Å². The first-order valence-electron chi connectivity index (χ1n) is 13.0. The fourth-order valence-electron chi connectivity index (χ4n) is 3.42. The molecule has 2 atom stereocenters. The lowest BCUT2D eigenvalue weighted by molar-refractivity contribution is -0.199. The van der Waals surface area contributed by atoms with Gasteiger partial charge in [0.25, 0.3) is 11.8 Å². The van der Waals surface area contributed by atoms with Crippen molar-refractivity contribution in [3.8, 4) is 0 Å². The number of nitrogens with zero attached hydrogens (tertiary/aromatic N) is 1. The van der Waals surface area contributed by atoms with Crippen molar-refractivity contribution in [2.75, 3.05) is 20.2 Å². The summed E-state index contributed by atoms with van der Waals surface area (Å²) in [4.78, 5) is 94.4. The number of imide groups is 1. The van der Waals surface area contributed by atoms with Gasteiger partial charge in [-0.25, -0.2) is 9.59 Å². The summed E-state index contributed by atoms with van der Waals surface area (Å²) in [7, 11) is 1.29. The molecule has 6 amide bonds. The monoisotopic (exact) mass is 587 g/mol. The number of amides is 6. The predicted molar refractivity (Wildman–Crippen MR) is 146 cm³/mol. The van der Waals surface area contributed by atoms with Crippen LogP contribution >= 0.6 is 0 Å². The first-order valence-corrected chi connectivity index (χ1v) is 13.0. The lowest BCUT2D eigenvalue weighted by Crippen LogP contribution is -2.44. The SMILES string of the molecule is C.CC(=O)NCCCCC(NC(C)=O)C(=O)ON1C(=O)CCC1=O.COC(=O)C(CCCCNC(C)=O)NC(C)=O. The van der Waals surface area contributed by atoms with Gasteiger partial charge >= 0.3 is 11.9 Å². The van der Waals surface area contributed by atoms with E-state index in [4.69, 9.17) is 4.84 Å². The third kappa shape index (κ3) is 18.8. The summed E-state index contributed by atoms with van der Waals surface area (Å²) in [5, 5.41) is 10.7. The van der Waals surface area contributed by atoms with Crippen LogP contribution in [-0.2, 0) is 47.9 Å². The average Bonchev–Trinajstić information content (AvgIpc) is 3.18. The maximum Gasteiger partial charge on any atom is 0.355 e. The van der Waals surface area contributed by atoms with Gasteiger partial charge in [-0.05, 0) is 38.5 Å². The Bertz CT molecular complexity index is 908. The predicted octanol–water partition coefficient (Wildman–Crippen LogP) is 0.0113. The lowest BCUT2D eigenvalue weighted by Gasteiger charge is -2.19. The number of hydroxylamine groups is 2. The minimum absolute atomic E-state index is 0. The van der Waals surface area contributed by atoms with Gasteiger partial charge in [0.15, 0.2) is 0 Å². The fourth-order valence-corrected chi connectivity index (χ4v) is 3.42. The second-order valence-corrected chi connectivity index (χ2v) is 8.98. The topological polar surface area (TPSA) is 206 Å². The van der Waals surface area contributed by atoms with Crippen LogP contribution in [0.15, 0.2) is 0 Å². The fraction of sp³-hybridized carbons (Fsp3) is 0.692. The zero-order valence-corrected chi connectivity index (χ0v) is 23.8. The molecule has 0 spiro atoms. The molecule has 234 valence electrons. The number of methoxy groups -OCH3 is 1. The van der Waals surface area contributed by atoms with Gasteiger partial charge in [-0.2, -0.15) is 0 Å². The van der Waals surface area contributed by atoms with E-state index in [0.717, 1.165) is 12.8 Å². The van der Waals surface area contributed by atoms with Gasteiger partial charge < -0.3 is 30.8 Å². The molecule has 1 rings (SSSR count). The van der Waals surface area contributed by atoms with Crippen molar-refractivity contribution in [1.29, 1.82) is 0 Å². The molecule has 0 saturated carbocycles. The van der Waals surface area contributed by atoms with Crippen molar-refractivity contribution in [1.82, 2.24) is 26.3 Å². The highest BCUT2D eigenvalue weighted by Crippen LogP contribution is 2.14. The lowest BCUT2D eigenvalue weighted by atomic mass is 10.1. The molecule has 0 bridgehead atoms. The number of rotatable bonds is 15. The van der Waals surface area contributed by atoms with E-state index in [0.29, 0.717) is 37.4 Å². The van der Waals surface area contributed by atoms with Crippen molar-refractivity contribution in [3.63, 3.8) is 0 Å². The van der Waals surface area contributed by atoms with Gasteiger partial charge in [-0.3, -0.25) is 28.8 Å². The van der Waals surface area contributed by atoms with Crippen LogP contribution in [0.4, 0.5) is 0 Å². The van der Waals surface area contributed by atoms with Crippen molar-refractivity contribution in [2.45, 2.75) is 98.6 Å². The Labute approximate surface area is 240 Å². The largest absolute Gasteiger partial charge is 0.467 e. The molecule has 1 saturated heterocycles. The summed E-state index contributed by atoms with van der Waals surface area (Å²) in [6, 6.07) is -1.55. The zero-order valence-electron chi connectivity index (χ0n) is 23.8. The van der Waals surface area contributed by atoms with E-state index in [9.17, 15) is 38.4 Å². The Morgan fingerprint density at radius 2 is 1.07 bits per heavy atom. The number of esters is 1. The second kappa shape index (κ2) is 21.7. The number of nitrogens with one attached hydrogen (secondary N) is 4. The van der Waals surface area contributed by atoms with E-state index >= 15 is 0 Å². The Kier molecular flexibility index (Phi) is 20.7. The molecule has 0 aromatic heterocycles. The van der Waals surface area contributed by atoms with Crippen LogP contribution in [0.25, 0.3) is 0 Å². The summed E-state index contributed by atoms with van der Waals surface area (Å²) in [6.45, 7) is 6.50. The molecular weight excluding hydrogens is 542 g/mol. The van der Waals surface area contributed by atoms with Crippen LogP contribution in [0.3, 0.4) is 0 Å². The molecule has 0 aromatic rings. The summed E-state index contributed by atoms with van der Waals surface area (Å²) in [5.41, 5.74) is 0. The molecular formula is C26H45N5O10. The molecule has 4 N–H and O–H groups in total. The van der Waals surface area contributed by atoms with E-state index < -0.39 is 41.7 Å². The molecule has 15 nitrogen and oxygen atoms in total. The molecule has 0 radical (unpaired) electrons. The van der Waals surface area contributed by atoms with Gasteiger partial charge in [0.2, 0.25) is 23.6 Å². The molecule has 15 heteroatoms. The number of unbranched alkanes of at least 4 members (excludes halogenated alkanes) is 2. The summed E-state index contributed by atoms with van der Waals surface area (Å²) < 4.78 is 4.59. The van der Waals surface area contributed by atoms with Crippen molar-refractivity contribution in [2.24, 2.45) is 0 Å². The third-order valence-corrected chi connectivity index (χ3v) is 5.30.